The third-order valence-corrected chi connectivity index (χ3v) is 3.99. The van der Waals surface area contributed by atoms with E-state index in [0.29, 0.717) is 11.4 Å². The van der Waals surface area contributed by atoms with Crippen LogP contribution in [0.5, 0.6) is 0 Å². The minimum atomic E-state index is 0.357. The number of hydrogen-bond donors (Lipinski definition) is 2. The molecule has 0 aliphatic rings. The Kier molecular flexibility index (Phi) is 4.66. The van der Waals surface area contributed by atoms with Crippen LogP contribution in [0.25, 0.3) is 28.8 Å². The molecule has 124 valence electrons. The quantitative estimate of drug-likeness (QED) is 0.609. The van der Waals surface area contributed by atoms with E-state index in [1.165, 1.54) is 0 Å². The van der Waals surface area contributed by atoms with Crippen molar-refractivity contribution in [2.24, 2.45) is 5.73 Å². The summed E-state index contributed by atoms with van der Waals surface area (Å²) >= 11 is 0. The molecule has 0 atom stereocenters. The molecule has 25 heavy (non-hydrogen) atoms. The van der Waals surface area contributed by atoms with Crippen molar-refractivity contribution in [1.82, 2.24) is 0 Å². The molecular weight excluding hydrogens is 308 g/mol. The van der Waals surface area contributed by atoms with Gasteiger partial charge in [-0.3, -0.25) is 0 Å². The van der Waals surface area contributed by atoms with Gasteiger partial charge in [0.15, 0.2) is 0 Å². The van der Waals surface area contributed by atoms with Gasteiger partial charge in [0.2, 0.25) is 0 Å². The van der Waals surface area contributed by atoms with Crippen LogP contribution in [0.3, 0.4) is 0 Å². The second-order valence-electron chi connectivity index (χ2n) is 5.67. The molecule has 0 fully saturated rings. The molecule has 0 spiro atoms. The Hall–Kier alpha value is -3.33. The van der Waals surface area contributed by atoms with Gasteiger partial charge in [-0.1, -0.05) is 49.1 Å². The highest BCUT2D eigenvalue weighted by Gasteiger charge is 2.11. The number of hydrogen-bond acceptors (Lipinski definition) is 3. The fourth-order valence-electron chi connectivity index (χ4n) is 2.75. The molecular formula is C22H20N2O. The van der Waals surface area contributed by atoms with Gasteiger partial charge in [0, 0.05) is 22.2 Å². The van der Waals surface area contributed by atoms with Crippen LogP contribution in [0.2, 0.25) is 0 Å². The number of nitrogens with two attached hydrogens (primary N) is 1. The van der Waals surface area contributed by atoms with Gasteiger partial charge in [0.1, 0.15) is 11.3 Å². The molecule has 1 heterocycles. The van der Waals surface area contributed by atoms with Crippen molar-refractivity contribution in [2.75, 3.05) is 0 Å². The summed E-state index contributed by atoms with van der Waals surface area (Å²) in [5.74, 6) is 0.733. The second kappa shape index (κ2) is 7.05. The summed E-state index contributed by atoms with van der Waals surface area (Å²) in [6, 6.07) is 15.4. The summed E-state index contributed by atoms with van der Waals surface area (Å²) in [6.07, 6.45) is 7.33. The number of benzene rings is 2. The molecule has 0 unspecified atom stereocenters. The average Bonchev–Trinajstić information content (AvgIpc) is 2.99. The van der Waals surface area contributed by atoms with Crippen LogP contribution in [0, 0.1) is 5.41 Å². The molecule has 3 nitrogen and oxygen atoms in total. The molecule has 0 saturated heterocycles. The lowest BCUT2D eigenvalue weighted by molar-refractivity contribution is 0.603. The third kappa shape index (κ3) is 3.31. The second-order valence-corrected chi connectivity index (χ2v) is 5.67. The fourth-order valence-corrected chi connectivity index (χ4v) is 2.75. The van der Waals surface area contributed by atoms with Crippen LogP contribution in [0.15, 0.2) is 71.7 Å². The normalized spacial score (nSPS) is 12.0. The molecule has 0 radical (unpaired) electrons. The first-order valence-corrected chi connectivity index (χ1v) is 8.07. The molecule has 0 bridgehead atoms. The zero-order valence-corrected chi connectivity index (χ0v) is 14.1. The Morgan fingerprint density at radius 2 is 1.88 bits per heavy atom. The Morgan fingerprint density at radius 1 is 1.12 bits per heavy atom. The summed E-state index contributed by atoms with van der Waals surface area (Å²) in [5.41, 5.74) is 10.5. The van der Waals surface area contributed by atoms with Crippen molar-refractivity contribution < 1.29 is 4.42 Å². The molecule has 1 aromatic heterocycles. The molecule has 3 rings (SSSR count). The Bertz CT molecular complexity index is 992. The van der Waals surface area contributed by atoms with Crippen LogP contribution in [0.4, 0.5) is 0 Å². The summed E-state index contributed by atoms with van der Waals surface area (Å²) in [4.78, 5) is 0. The minimum Gasteiger partial charge on any atom is -0.456 e. The first-order valence-electron chi connectivity index (χ1n) is 8.07. The minimum absolute atomic E-state index is 0.357. The Labute approximate surface area is 147 Å². The molecule has 3 aromatic rings. The van der Waals surface area contributed by atoms with E-state index in [1.54, 1.807) is 12.2 Å². The number of furan rings is 1. The highest BCUT2D eigenvalue weighted by molar-refractivity contribution is 6.12. The van der Waals surface area contributed by atoms with Gasteiger partial charge in [-0.15, -0.1) is 0 Å². The van der Waals surface area contributed by atoms with Crippen LogP contribution in [-0.4, -0.2) is 5.71 Å². The van der Waals surface area contributed by atoms with Gasteiger partial charge in [-0.05, 0) is 42.8 Å². The monoisotopic (exact) mass is 328 g/mol. The standard InChI is InChI=1S/C22H20N2O/c1-3-8-17-18-13-16(11-12-22(18)25-21(17)4-2)20(24)14-19(23)15-9-6-5-7-10-15/h3-14,24H,2,23H2,1H3/b8-3-,19-14-,24-20?. The summed E-state index contributed by atoms with van der Waals surface area (Å²) in [7, 11) is 0. The van der Waals surface area contributed by atoms with Crippen molar-refractivity contribution >= 4 is 34.5 Å². The predicted octanol–water partition coefficient (Wildman–Crippen LogP) is 5.48. The van der Waals surface area contributed by atoms with Crippen LogP contribution in [0.1, 0.15) is 29.4 Å². The van der Waals surface area contributed by atoms with Crippen molar-refractivity contribution in [1.29, 1.82) is 5.41 Å². The van der Waals surface area contributed by atoms with Crippen LogP contribution < -0.4 is 5.73 Å². The molecule has 0 aliphatic carbocycles. The van der Waals surface area contributed by atoms with Gasteiger partial charge < -0.3 is 15.6 Å². The maximum Gasteiger partial charge on any atom is 0.135 e. The fraction of sp³-hybridized carbons (Fsp3) is 0.0455. The number of rotatable bonds is 5. The van der Waals surface area contributed by atoms with Gasteiger partial charge >= 0.3 is 0 Å². The highest BCUT2D eigenvalue weighted by Crippen LogP contribution is 2.29. The van der Waals surface area contributed by atoms with Crippen molar-refractivity contribution in [3.8, 4) is 0 Å². The lowest BCUT2D eigenvalue weighted by atomic mass is 10.0. The maximum atomic E-state index is 8.38. The first-order chi connectivity index (χ1) is 12.1. The van der Waals surface area contributed by atoms with Gasteiger partial charge in [0.25, 0.3) is 0 Å². The van der Waals surface area contributed by atoms with E-state index in [-0.39, 0.29) is 0 Å². The molecule has 2 aromatic carbocycles. The number of allylic oxidation sites excluding steroid dienone is 2. The lowest BCUT2D eigenvalue weighted by Crippen LogP contribution is -2.02. The topological polar surface area (TPSA) is 63.0 Å². The predicted molar refractivity (Wildman–Crippen MR) is 106 cm³/mol. The molecule has 0 amide bonds. The van der Waals surface area contributed by atoms with E-state index in [4.69, 9.17) is 15.6 Å². The molecule has 3 heteroatoms. The van der Waals surface area contributed by atoms with Crippen LogP contribution >= 0.6 is 0 Å². The maximum absolute atomic E-state index is 8.38. The molecule has 0 saturated carbocycles. The summed E-state index contributed by atoms with van der Waals surface area (Å²) in [6.45, 7) is 5.76. The van der Waals surface area contributed by atoms with Gasteiger partial charge in [-0.25, -0.2) is 0 Å². The van der Waals surface area contributed by atoms with Crippen molar-refractivity contribution in [2.45, 2.75) is 6.92 Å². The van der Waals surface area contributed by atoms with Gasteiger partial charge in [-0.2, -0.15) is 0 Å². The van der Waals surface area contributed by atoms with Crippen molar-refractivity contribution in [3.05, 3.63) is 89.7 Å². The zero-order chi connectivity index (χ0) is 17.8. The number of fused-ring (bicyclic) bond motifs is 1. The zero-order valence-electron chi connectivity index (χ0n) is 14.1. The van der Waals surface area contributed by atoms with E-state index >= 15 is 0 Å². The van der Waals surface area contributed by atoms with E-state index in [9.17, 15) is 0 Å². The Balaban J connectivity index is 2.02. The summed E-state index contributed by atoms with van der Waals surface area (Å²) < 4.78 is 5.81. The Morgan fingerprint density at radius 3 is 2.56 bits per heavy atom. The SMILES string of the molecule is C=Cc1oc2ccc(C(=N)/C=C(\N)c3ccccc3)cc2c1/C=C\C. The van der Waals surface area contributed by atoms with Gasteiger partial charge in [0.05, 0.1) is 5.71 Å². The lowest BCUT2D eigenvalue weighted by Gasteiger charge is -2.04. The molecule has 3 N–H and O–H groups in total. The van der Waals surface area contributed by atoms with E-state index in [2.05, 4.69) is 6.58 Å². The smallest absolute Gasteiger partial charge is 0.135 e. The third-order valence-electron chi connectivity index (χ3n) is 3.99. The van der Waals surface area contributed by atoms with E-state index in [1.807, 2.05) is 67.6 Å². The largest absolute Gasteiger partial charge is 0.456 e. The van der Waals surface area contributed by atoms with E-state index < -0.39 is 0 Å². The highest BCUT2D eigenvalue weighted by atomic mass is 16.3. The van der Waals surface area contributed by atoms with E-state index in [0.717, 1.165) is 33.4 Å². The van der Waals surface area contributed by atoms with Crippen LogP contribution in [-0.2, 0) is 0 Å². The molecule has 0 aliphatic heterocycles. The van der Waals surface area contributed by atoms with Crippen molar-refractivity contribution in [3.63, 3.8) is 0 Å². The summed E-state index contributed by atoms with van der Waals surface area (Å²) in [5, 5.41) is 9.34. The first kappa shape index (κ1) is 16.5. The number of nitrogens with one attached hydrogen (secondary N) is 1. The average molecular weight is 328 g/mol.